The molecule has 0 spiro atoms. The van der Waals surface area contributed by atoms with E-state index in [9.17, 15) is 4.79 Å². The number of rotatable bonds is 3. The molecule has 0 saturated carbocycles. The number of allylic oxidation sites excluding steroid dienone is 2. The summed E-state index contributed by atoms with van der Waals surface area (Å²) >= 11 is 0. The Balaban J connectivity index is 1.84. The summed E-state index contributed by atoms with van der Waals surface area (Å²) in [6, 6.07) is 8.72. The van der Waals surface area contributed by atoms with Gasteiger partial charge in [-0.1, -0.05) is 36.3 Å². The van der Waals surface area contributed by atoms with Crippen LogP contribution in [0.3, 0.4) is 0 Å². The standard InChI is InChI=1S/C20H27N2O/c1-14-8-10-20(3,12-15(14)2)13-22-11-9-16-6-4-5-7-17(16)18(22)19(21)23/h5-7,18H,8-13H2,1-3H3,(H2,21,23). The zero-order valence-corrected chi connectivity index (χ0v) is 14.5. The summed E-state index contributed by atoms with van der Waals surface area (Å²) in [5.74, 6) is -0.236. The molecule has 1 amide bonds. The average Bonchev–Trinajstić information content (AvgIpc) is 2.50. The molecular weight excluding hydrogens is 284 g/mol. The Morgan fingerprint density at radius 2 is 2.17 bits per heavy atom. The number of amides is 1. The van der Waals surface area contributed by atoms with Gasteiger partial charge in [-0.3, -0.25) is 9.69 Å². The Morgan fingerprint density at radius 3 is 2.87 bits per heavy atom. The van der Waals surface area contributed by atoms with Crippen LogP contribution in [0.2, 0.25) is 0 Å². The van der Waals surface area contributed by atoms with E-state index in [0.717, 1.165) is 31.5 Å². The Bertz CT molecular complexity index is 649. The molecule has 123 valence electrons. The molecule has 3 nitrogen and oxygen atoms in total. The topological polar surface area (TPSA) is 46.3 Å². The van der Waals surface area contributed by atoms with Crippen LogP contribution in [0.5, 0.6) is 0 Å². The second-order valence-electron chi connectivity index (χ2n) is 7.70. The number of nitrogens with zero attached hydrogens (tertiary/aromatic N) is 1. The SMILES string of the molecule is CC1=C(C)CC(C)(CN2CCc3c[c]ccc3C2C(N)=O)CC1. The van der Waals surface area contributed by atoms with Crippen LogP contribution in [0.25, 0.3) is 0 Å². The Morgan fingerprint density at radius 1 is 1.39 bits per heavy atom. The lowest BCUT2D eigenvalue weighted by molar-refractivity contribution is -0.124. The van der Waals surface area contributed by atoms with Gasteiger partial charge in [-0.15, -0.1) is 0 Å². The first-order valence-corrected chi connectivity index (χ1v) is 8.57. The Labute approximate surface area is 139 Å². The largest absolute Gasteiger partial charge is 0.368 e. The summed E-state index contributed by atoms with van der Waals surface area (Å²) in [5.41, 5.74) is 11.3. The van der Waals surface area contributed by atoms with Crippen LogP contribution in [0.15, 0.2) is 29.3 Å². The molecule has 1 radical (unpaired) electrons. The van der Waals surface area contributed by atoms with Gasteiger partial charge in [0.1, 0.15) is 6.04 Å². The van der Waals surface area contributed by atoms with Crippen molar-refractivity contribution in [3.8, 4) is 0 Å². The fraction of sp³-hybridized carbons (Fsp3) is 0.550. The number of fused-ring (bicyclic) bond motifs is 1. The summed E-state index contributed by atoms with van der Waals surface area (Å²) in [5, 5.41) is 0. The normalized spacial score (nSPS) is 28.6. The van der Waals surface area contributed by atoms with E-state index in [1.807, 2.05) is 18.2 Å². The minimum absolute atomic E-state index is 0.232. The van der Waals surface area contributed by atoms with Crippen LogP contribution in [-0.4, -0.2) is 23.9 Å². The summed E-state index contributed by atoms with van der Waals surface area (Å²) < 4.78 is 0. The van der Waals surface area contributed by atoms with Gasteiger partial charge in [0.05, 0.1) is 0 Å². The molecule has 1 aromatic carbocycles. The van der Waals surface area contributed by atoms with Gasteiger partial charge < -0.3 is 5.73 Å². The lowest BCUT2D eigenvalue weighted by Crippen LogP contribution is -2.47. The molecule has 1 aliphatic carbocycles. The number of nitrogens with two attached hydrogens (primary N) is 1. The van der Waals surface area contributed by atoms with E-state index < -0.39 is 0 Å². The molecule has 3 rings (SSSR count). The maximum absolute atomic E-state index is 12.2. The molecule has 2 unspecified atom stereocenters. The molecule has 0 fully saturated rings. The number of hydrogen-bond donors (Lipinski definition) is 1. The van der Waals surface area contributed by atoms with E-state index in [1.165, 1.54) is 29.6 Å². The van der Waals surface area contributed by atoms with E-state index in [-0.39, 0.29) is 17.4 Å². The molecule has 0 bridgehead atoms. The van der Waals surface area contributed by atoms with Gasteiger partial charge in [-0.05, 0) is 62.1 Å². The van der Waals surface area contributed by atoms with Gasteiger partial charge in [0.2, 0.25) is 5.91 Å². The highest BCUT2D eigenvalue weighted by atomic mass is 16.1. The van der Waals surface area contributed by atoms with Crippen LogP contribution in [0.1, 0.15) is 57.2 Å². The van der Waals surface area contributed by atoms with Crippen LogP contribution in [0, 0.1) is 11.5 Å². The Kier molecular flexibility index (Phi) is 4.33. The molecule has 1 aromatic rings. The van der Waals surface area contributed by atoms with Crippen molar-refractivity contribution in [2.24, 2.45) is 11.1 Å². The van der Waals surface area contributed by atoms with Gasteiger partial charge in [0.25, 0.3) is 0 Å². The van der Waals surface area contributed by atoms with Crippen molar-refractivity contribution in [2.75, 3.05) is 13.1 Å². The van der Waals surface area contributed by atoms with E-state index in [0.29, 0.717) is 0 Å². The number of benzene rings is 1. The van der Waals surface area contributed by atoms with Crippen molar-refractivity contribution in [2.45, 2.75) is 52.5 Å². The number of hydrogen-bond acceptors (Lipinski definition) is 2. The maximum Gasteiger partial charge on any atom is 0.239 e. The number of primary amides is 1. The molecule has 0 aromatic heterocycles. The predicted octanol–water partition coefficient (Wildman–Crippen LogP) is 3.40. The molecular formula is C20H27N2O. The zero-order chi connectivity index (χ0) is 16.6. The maximum atomic E-state index is 12.2. The first-order valence-electron chi connectivity index (χ1n) is 8.57. The minimum atomic E-state index is -0.294. The highest BCUT2D eigenvalue weighted by molar-refractivity contribution is 5.82. The number of carbonyl (C=O) groups excluding carboxylic acids is 1. The monoisotopic (exact) mass is 311 g/mol. The van der Waals surface area contributed by atoms with Crippen LogP contribution >= 0.6 is 0 Å². The second kappa shape index (κ2) is 6.12. The van der Waals surface area contributed by atoms with Crippen LogP contribution < -0.4 is 5.73 Å². The second-order valence-corrected chi connectivity index (χ2v) is 7.70. The molecule has 3 heteroatoms. The third-order valence-electron chi connectivity index (χ3n) is 5.69. The predicted molar refractivity (Wildman–Crippen MR) is 92.8 cm³/mol. The summed E-state index contributed by atoms with van der Waals surface area (Å²) in [4.78, 5) is 14.5. The van der Waals surface area contributed by atoms with Gasteiger partial charge in [0.15, 0.2) is 0 Å². The van der Waals surface area contributed by atoms with Gasteiger partial charge in [0, 0.05) is 13.1 Å². The molecule has 0 saturated heterocycles. The molecule has 1 heterocycles. The summed E-state index contributed by atoms with van der Waals surface area (Å²) in [7, 11) is 0. The molecule has 1 aliphatic heterocycles. The third kappa shape index (κ3) is 3.20. The van der Waals surface area contributed by atoms with Crippen molar-refractivity contribution in [3.05, 3.63) is 46.5 Å². The van der Waals surface area contributed by atoms with Crippen molar-refractivity contribution in [1.82, 2.24) is 4.90 Å². The van der Waals surface area contributed by atoms with Crippen LogP contribution in [-0.2, 0) is 11.2 Å². The van der Waals surface area contributed by atoms with Crippen molar-refractivity contribution >= 4 is 5.91 Å². The van der Waals surface area contributed by atoms with E-state index in [2.05, 4.69) is 31.7 Å². The third-order valence-corrected chi connectivity index (χ3v) is 5.69. The lowest BCUT2D eigenvalue weighted by atomic mass is 9.72. The summed E-state index contributed by atoms with van der Waals surface area (Å²) in [6.07, 6.45) is 4.45. The van der Waals surface area contributed by atoms with Gasteiger partial charge in [-0.25, -0.2) is 0 Å². The van der Waals surface area contributed by atoms with E-state index >= 15 is 0 Å². The van der Waals surface area contributed by atoms with Gasteiger partial charge in [-0.2, -0.15) is 0 Å². The zero-order valence-electron chi connectivity index (χ0n) is 14.5. The molecule has 23 heavy (non-hydrogen) atoms. The highest BCUT2D eigenvalue weighted by Gasteiger charge is 2.37. The fourth-order valence-corrected chi connectivity index (χ4v) is 4.26. The molecule has 2 atom stereocenters. The summed E-state index contributed by atoms with van der Waals surface area (Å²) in [6.45, 7) is 8.68. The smallest absolute Gasteiger partial charge is 0.239 e. The first kappa shape index (κ1) is 16.3. The number of carbonyl (C=O) groups is 1. The van der Waals surface area contributed by atoms with E-state index in [4.69, 9.17) is 5.73 Å². The van der Waals surface area contributed by atoms with Crippen molar-refractivity contribution in [1.29, 1.82) is 0 Å². The minimum Gasteiger partial charge on any atom is -0.368 e. The van der Waals surface area contributed by atoms with Crippen molar-refractivity contribution < 1.29 is 4.79 Å². The molecule has 2 N–H and O–H groups in total. The average molecular weight is 311 g/mol. The van der Waals surface area contributed by atoms with Crippen LogP contribution in [0.4, 0.5) is 0 Å². The quantitative estimate of drug-likeness (QED) is 0.870. The van der Waals surface area contributed by atoms with E-state index in [1.54, 1.807) is 0 Å². The highest BCUT2D eigenvalue weighted by Crippen LogP contribution is 2.41. The fourth-order valence-electron chi connectivity index (χ4n) is 4.26. The van der Waals surface area contributed by atoms with Crippen molar-refractivity contribution in [3.63, 3.8) is 0 Å². The first-order chi connectivity index (χ1) is 10.9. The Hall–Kier alpha value is -1.61. The molecule has 2 aliphatic rings. The lowest BCUT2D eigenvalue weighted by Gasteiger charge is -2.43. The van der Waals surface area contributed by atoms with Gasteiger partial charge >= 0.3 is 0 Å².